The number of anilines is 2. The van der Waals surface area contributed by atoms with Crippen LogP contribution in [-0.2, 0) is 17.6 Å². The summed E-state index contributed by atoms with van der Waals surface area (Å²) in [5, 5.41) is 4.29. The summed E-state index contributed by atoms with van der Waals surface area (Å²) in [7, 11) is 0. The molecule has 1 saturated heterocycles. The van der Waals surface area contributed by atoms with Gasteiger partial charge in [0.05, 0.1) is 24.3 Å². The van der Waals surface area contributed by atoms with Gasteiger partial charge < -0.3 is 19.9 Å². The van der Waals surface area contributed by atoms with Gasteiger partial charge in [-0.2, -0.15) is 0 Å². The molecule has 0 radical (unpaired) electrons. The Morgan fingerprint density at radius 2 is 1.86 bits per heavy atom. The van der Waals surface area contributed by atoms with E-state index in [9.17, 15) is 4.79 Å². The molecule has 0 unspecified atom stereocenters. The standard InChI is InChI=1S/C23H25N3O2/c27-23(24-16-5-3-6-17(15-16)26-11-13-28-14-12-26)20-9-4-8-19-18-7-1-2-10-21(18)25-22(19)20/h3-6,8-9,15,25H,1-2,7,10-14H2,(H,24,27). The number of aromatic amines is 1. The molecule has 5 heteroatoms. The van der Waals surface area contributed by atoms with Gasteiger partial charge in [-0.05, 0) is 55.5 Å². The predicted molar refractivity (Wildman–Crippen MR) is 112 cm³/mol. The maximum Gasteiger partial charge on any atom is 0.257 e. The van der Waals surface area contributed by atoms with E-state index in [0.717, 1.165) is 56.0 Å². The molecule has 0 atom stereocenters. The summed E-state index contributed by atoms with van der Waals surface area (Å²) < 4.78 is 5.43. The number of morpholine rings is 1. The summed E-state index contributed by atoms with van der Waals surface area (Å²) in [6.07, 6.45) is 4.62. The first kappa shape index (κ1) is 17.3. The highest BCUT2D eigenvalue weighted by Crippen LogP contribution is 2.31. The van der Waals surface area contributed by atoms with Crippen molar-refractivity contribution in [3.8, 4) is 0 Å². The molecule has 144 valence electrons. The number of rotatable bonds is 3. The van der Waals surface area contributed by atoms with E-state index in [2.05, 4.69) is 27.3 Å². The van der Waals surface area contributed by atoms with E-state index in [0.29, 0.717) is 5.56 Å². The highest BCUT2D eigenvalue weighted by Gasteiger charge is 2.19. The first-order chi connectivity index (χ1) is 13.8. The molecule has 0 spiro atoms. The molecule has 3 aromatic rings. The average molecular weight is 375 g/mol. The fraction of sp³-hybridized carbons (Fsp3) is 0.348. The van der Waals surface area contributed by atoms with Crippen molar-refractivity contribution in [2.45, 2.75) is 25.7 Å². The minimum atomic E-state index is -0.0664. The Morgan fingerprint density at radius 1 is 1.04 bits per heavy atom. The van der Waals surface area contributed by atoms with E-state index in [1.807, 2.05) is 30.3 Å². The van der Waals surface area contributed by atoms with Gasteiger partial charge in [0.15, 0.2) is 0 Å². The first-order valence-corrected chi connectivity index (χ1v) is 10.2. The number of aryl methyl sites for hydroxylation is 2. The highest BCUT2D eigenvalue weighted by atomic mass is 16.5. The van der Waals surface area contributed by atoms with E-state index >= 15 is 0 Å². The number of aromatic nitrogens is 1. The van der Waals surface area contributed by atoms with Crippen molar-refractivity contribution >= 4 is 28.2 Å². The maximum absolute atomic E-state index is 13.1. The van der Waals surface area contributed by atoms with Crippen LogP contribution in [0.3, 0.4) is 0 Å². The Kier molecular flexibility index (Phi) is 4.53. The van der Waals surface area contributed by atoms with E-state index < -0.39 is 0 Å². The number of para-hydroxylation sites is 1. The first-order valence-electron chi connectivity index (χ1n) is 10.2. The van der Waals surface area contributed by atoms with E-state index in [1.165, 1.54) is 29.5 Å². The SMILES string of the molecule is O=C(Nc1cccc(N2CCOCC2)c1)c1cccc2c3c([nH]c12)CCCC3. The summed E-state index contributed by atoms with van der Waals surface area (Å²) in [5.41, 5.74) is 6.32. The number of nitrogens with zero attached hydrogens (tertiary/aromatic N) is 1. The molecule has 2 aromatic carbocycles. The van der Waals surface area contributed by atoms with Crippen LogP contribution in [0.5, 0.6) is 0 Å². The number of fused-ring (bicyclic) bond motifs is 3. The lowest BCUT2D eigenvalue weighted by Crippen LogP contribution is -2.36. The van der Waals surface area contributed by atoms with Gasteiger partial charge >= 0.3 is 0 Å². The average Bonchev–Trinajstić information content (AvgIpc) is 3.13. The van der Waals surface area contributed by atoms with Crippen LogP contribution in [-0.4, -0.2) is 37.2 Å². The summed E-state index contributed by atoms with van der Waals surface area (Å²) in [4.78, 5) is 18.9. The van der Waals surface area contributed by atoms with Crippen LogP contribution in [0.15, 0.2) is 42.5 Å². The lowest BCUT2D eigenvalue weighted by molar-refractivity contribution is 0.102. The molecular formula is C23H25N3O2. The Hall–Kier alpha value is -2.79. The Balaban J connectivity index is 1.42. The minimum Gasteiger partial charge on any atom is -0.378 e. The lowest BCUT2D eigenvalue weighted by atomic mass is 9.95. The van der Waals surface area contributed by atoms with Crippen molar-refractivity contribution in [1.29, 1.82) is 0 Å². The van der Waals surface area contributed by atoms with Crippen LogP contribution in [0, 0.1) is 0 Å². The normalized spacial score (nSPS) is 16.8. The number of nitrogens with one attached hydrogen (secondary N) is 2. The van der Waals surface area contributed by atoms with E-state index in [4.69, 9.17) is 4.74 Å². The second kappa shape index (κ2) is 7.32. The quantitative estimate of drug-likeness (QED) is 0.723. The molecule has 2 aliphatic rings. The van der Waals surface area contributed by atoms with Gasteiger partial charge in [0.1, 0.15) is 0 Å². The molecular weight excluding hydrogens is 350 g/mol. The van der Waals surface area contributed by atoms with Gasteiger partial charge in [0.2, 0.25) is 0 Å². The fourth-order valence-corrected chi connectivity index (χ4v) is 4.42. The van der Waals surface area contributed by atoms with Crippen molar-refractivity contribution in [2.24, 2.45) is 0 Å². The number of H-pyrrole nitrogens is 1. The predicted octanol–water partition coefficient (Wildman–Crippen LogP) is 4.14. The minimum absolute atomic E-state index is 0.0664. The number of carbonyl (C=O) groups is 1. The molecule has 2 heterocycles. The van der Waals surface area contributed by atoms with Crippen LogP contribution in [0.25, 0.3) is 10.9 Å². The molecule has 1 aliphatic heterocycles. The zero-order chi connectivity index (χ0) is 18.9. The van der Waals surface area contributed by atoms with Crippen molar-refractivity contribution in [1.82, 2.24) is 4.98 Å². The van der Waals surface area contributed by atoms with Crippen LogP contribution in [0.1, 0.15) is 34.5 Å². The van der Waals surface area contributed by atoms with Crippen molar-refractivity contribution in [3.63, 3.8) is 0 Å². The second-order valence-corrected chi connectivity index (χ2v) is 7.62. The molecule has 5 nitrogen and oxygen atoms in total. The molecule has 1 fully saturated rings. The topological polar surface area (TPSA) is 57.4 Å². The molecule has 1 aromatic heterocycles. The van der Waals surface area contributed by atoms with Crippen molar-refractivity contribution in [3.05, 3.63) is 59.3 Å². The smallest absolute Gasteiger partial charge is 0.257 e. The van der Waals surface area contributed by atoms with Crippen molar-refractivity contribution in [2.75, 3.05) is 36.5 Å². The highest BCUT2D eigenvalue weighted by molar-refractivity contribution is 6.12. The number of ether oxygens (including phenoxy) is 1. The fourth-order valence-electron chi connectivity index (χ4n) is 4.42. The van der Waals surface area contributed by atoms with Gasteiger partial charge in [-0.15, -0.1) is 0 Å². The second-order valence-electron chi connectivity index (χ2n) is 7.62. The van der Waals surface area contributed by atoms with Crippen LogP contribution in [0.2, 0.25) is 0 Å². The van der Waals surface area contributed by atoms with E-state index in [1.54, 1.807) is 0 Å². The van der Waals surface area contributed by atoms with Gasteiger partial charge in [0.25, 0.3) is 5.91 Å². The number of carbonyl (C=O) groups excluding carboxylic acids is 1. The summed E-state index contributed by atoms with van der Waals surface area (Å²) >= 11 is 0. The largest absolute Gasteiger partial charge is 0.378 e. The number of hydrogen-bond acceptors (Lipinski definition) is 3. The van der Waals surface area contributed by atoms with E-state index in [-0.39, 0.29) is 5.91 Å². The zero-order valence-electron chi connectivity index (χ0n) is 16.0. The Labute approximate surface area is 164 Å². The van der Waals surface area contributed by atoms with Gasteiger partial charge in [0, 0.05) is 35.5 Å². The summed E-state index contributed by atoms with van der Waals surface area (Å²) in [6.45, 7) is 3.25. The molecule has 0 saturated carbocycles. The molecule has 2 N–H and O–H groups in total. The number of amides is 1. The number of hydrogen-bond donors (Lipinski definition) is 2. The lowest BCUT2D eigenvalue weighted by Gasteiger charge is -2.29. The summed E-state index contributed by atoms with van der Waals surface area (Å²) in [5.74, 6) is -0.0664. The third kappa shape index (κ3) is 3.16. The Bertz CT molecular complexity index is 1020. The third-order valence-electron chi connectivity index (χ3n) is 5.86. The van der Waals surface area contributed by atoms with Gasteiger partial charge in [-0.3, -0.25) is 4.79 Å². The van der Waals surface area contributed by atoms with Crippen LogP contribution < -0.4 is 10.2 Å². The molecule has 1 amide bonds. The molecule has 5 rings (SSSR count). The third-order valence-corrected chi connectivity index (χ3v) is 5.86. The maximum atomic E-state index is 13.1. The van der Waals surface area contributed by atoms with Crippen molar-refractivity contribution < 1.29 is 9.53 Å². The van der Waals surface area contributed by atoms with Crippen LogP contribution in [0.4, 0.5) is 11.4 Å². The van der Waals surface area contributed by atoms with Gasteiger partial charge in [-0.1, -0.05) is 18.2 Å². The van der Waals surface area contributed by atoms with Gasteiger partial charge in [-0.25, -0.2) is 0 Å². The summed E-state index contributed by atoms with van der Waals surface area (Å²) in [6, 6.07) is 14.1. The molecule has 28 heavy (non-hydrogen) atoms. The molecule has 0 bridgehead atoms. The zero-order valence-corrected chi connectivity index (χ0v) is 16.0. The monoisotopic (exact) mass is 375 g/mol. The molecule has 1 aliphatic carbocycles. The number of benzene rings is 2. The Morgan fingerprint density at radius 3 is 2.75 bits per heavy atom. The van der Waals surface area contributed by atoms with Crippen LogP contribution >= 0.6 is 0 Å².